The molecule has 51 valence electrons. The second-order valence-corrected chi connectivity index (χ2v) is 2.51. The van der Waals surface area contributed by atoms with Crippen molar-refractivity contribution in [3.8, 4) is 0 Å². The van der Waals surface area contributed by atoms with E-state index in [0.717, 1.165) is 13.0 Å². The van der Waals surface area contributed by atoms with Crippen LogP contribution in [0.3, 0.4) is 0 Å². The molecular weight excluding hydrogens is 122 g/mol. The highest BCUT2D eigenvalue weighted by atomic mass is 14.9. The fraction of sp³-hybridized carbons (Fsp3) is 0.222. The molecule has 1 aromatic rings. The van der Waals surface area contributed by atoms with Crippen molar-refractivity contribution in [1.82, 2.24) is 0 Å². The number of para-hydroxylation sites is 1. The minimum Gasteiger partial charge on any atom is -0.385 e. The van der Waals surface area contributed by atoms with Crippen LogP contribution < -0.4 is 5.32 Å². The third-order valence-corrected chi connectivity index (χ3v) is 1.78. The van der Waals surface area contributed by atoms with Gasteiger partial charge in [-0.2, -0.15) is 0 Å². The number of hydrogen-bond acceptors (Lipinski definition) is 1. The van der Waals surface area contributed by atoms with Gasteiger partial charge in [0.05, 0.1) is 0 Å². The second-order valence-electron chi connectivity index (χ2n) is 2.51. The van der Waals surface area contributed by atoms with Crippen LogP contribution in [0, 0.1) is 6.42 Å². The molecule has 10 heavy (non-hydrogen) atoms. The zero-order valence-electron chi connectivity index (χ0n) is 5.80. The molecule has 0 saturated heterocycles. The Morgan fingerprint density at radius 2 is 2.10 bits per heavy atom. The molecule has 1 heteroatoms. The van der Waals surface area contributed by atoms with E-state index in [-0.39, 0.29) is 0 Å². The number of rotatable bonds is 0. The van der Waals surface area contributed by atoms with Gasteiger partial charge in [0.2, 0.25) is 0 Å². The Bertz CT molecular complexity index is 205. The summed E-state index contributed by atoms with van der Waals surface area (Å²) < 4.78 is 0. The van der Waals surface area contributed by atoms with Gasteiger partial charge in [0.1, 0.15) is 0 Å². The van der Waals surface area contributed by atoms with E-state index in [2.05, 4.69) is 36.0 Å². The molecule has 0 unspecified atom stereocenters. The third kappa shape index (κ3) is 0.878. The fourth-order valence-electron chi connectivity index (χ4n) is 1.27. The Morgan fingerprint density at radius 3 is 3.00 bits per heavy atom. The van der Waals surface area contributed by atoms with Crippen molar-refractivity contribution < 1.29 is 0 Å². The van der Waals surface area contributed by atoms with Crippen molar-refractivity contribution in [2.75, 3.05) is 11.9 Å². The summed E-state index contributed by atoms with van der Waals surface area (Å²) in [6, 6.07) is 8.39. The maximum absolute atomic E-state index is 3.33. The number of anilines is 1. The summed E-state index contributed by atoms with van der Waals surface area (Å²) in [6.07, 6.45) is 3.42. The van der Waals surface area contributed by atoms with E-state index in [1.807, 2.05) is 0 Å². The predicted octanol–water partition coefficient (Wildman–Crippen LogP) is 2.05. The highest BCUT2D eigenvalue weighted by molar-refractivity contribution is 5.56. The highest BCUT2D eigenvalue weighted by Gasteiger charge is 2.05. The van der Waals surface area contributed by atoms with Crippen LogP contribution in [0.25, 0.3) is 0 Å². The molecule has 2 rings (SSSR count). The van der Waals surface area contributed by atoms with Gasteiger partial charge in [0, 0.05) is 12.2 Å². The van der Waals surface area contributed by atoms with Gasteiger partial charge in [0.25, 0.3) is 0 Å². The average molecular weight is 132 g/mol. The van der Waals surface area contributed by atoms with Gasteiger partial charge >= 0.3 is 0 Å². The van der Waals surface area contributed by atoms with Gasteiger partial charge in [-0.05, 0) is 24.5 Å². The SMILES string of the molecule is [CH]1CCNc2ccccc21. The largest absolute Gasteiger partial charge is 0.385 e. The Kier molecular flexibility index (Phi) is 1.35. The quantitative estimate of drug-likeness (QED) is 0.569. The maximum atomic E-state index is 3.33. The smallest absolute Gasteiger partial charge is 0.0375 e. The van der Waals surface area contributed by atoms with Gasteiger partial charge in [-0.25, -0.2) is 0 Å². The van der Waals surface area contributed by atoms with Crippen LogP contribution >= 0.6 is 0 Å². The molecule has 0 atom stereocenters. The van der Waals surface area contributed by atoms with Gasteiger partial charge in [-0.15, -0.1) is 0 Å². The molecular formula is C9H10N. The minimum absolute atomic E-state index is 1.08. The first kappa shape index (κ1) is 5.78. The fourth-order valence-corrected chi connectivity index (χ4v) is 1.27. The molecule has 0 bridgehead atoms. The molecule has 1 aliphatic rings. The molecule has 1 radical (unpaired) electrons. The lowest BCUT2D eigenvalue weighted by molar-refractivity contribution is 0.973. The molecule has 0 amide bonds. The monoisotopic (exact) mass is 132 g/mol. The van der Waals surface area contributed by atoms with Crippen LogP contribution in [0.2, 0.25) is 0 Å². The summed E-state index contributed by atoms with van der Waals surface area (Å²) in [5.41, 5.74) is 2.61. The molecule has 0 aliphatic carbocycles. The van der Waals surface area contributed by atoms with Crippen LogP contribution in [-0.4, -0.2) is 6.54 Å². The molecule has 0 spiro atoms. The van der Waals surface area contributed by atoms with Gasteiger partial charge in [-0.1, -0.05) is 18.2 Å². The van der Waals surface area contributed by atoms with Crippen molar-refractivity contribution in [1.29, 1.82) is 0 Å². The molecule has 1 heterocycles. The lowest BCUT2D eigenvalue weighted by Crippen LogP contribution is -2.09. The summed E-state index contributed by atoms with van der Waals surface area (Å²) >= 11 is 0. The molecule has 1 N–H and O–H groups in total. The summed E-state index contributed by atoms with van der Waals surface area (Å²) in [4.78, 5) is 0. The van der Waals surface area contributed by atoms with E-state index in [4.69, 9.17) is 0 Å². The number of fused-ring (bicyclic) bond motifs is 1. The van der Waals surface area contributed by atoms with E-state index in [1.165, 1.54) is 11.3 Å². The van der Waals surface area contributed by atoms with E-state index in [9.17, 15) is 0 Å². The third-order valence-electron chi connectivity index (χ3n) is 1.78. The highest BCUT2D eigenvalue weighted by Crippen LogP contribution is 2.21. The Hall–Kier alpha value is -0.980. The van der Waals surface area contributed by atoms with Crippen molar-refractivity contribution in [3.63, 3.8) is 0 Å². The minimum atomic E-state index is 1.08. The second kappa shape index (κ2) is 2.33. The number of hydrogen-bond donors (Lipinski definition) is 1. The van der Waals surface area contributed by atoms with Crippen LogP contribution in [0.15, 0.2) is 24.3 Å². The van der Waals surface area contributed by atoms with Crippen LogP contribution in [-0.2, 0) is 0 Å². The van der Waals surface area contributed by atoms with E-state index < -0.39 is 0 Å². The van der Waals surface area contributed by atoms with E-state index in [1.54, 1.807) is 0 Å². The predicted molar refractivity (Wildman–Crippen MR) is 43.0 cm³/mol. The first-order chi connectivity index (χ1) is 4.97. The van der Waals surface area contributed by atoms with Crippen molar-refractivity contribution in [2.24, 2.45) is 0 Å². The summed E-state index contributed by atoms with van der Waals surface area (Å²) in [7, 11) is 0. The first-order valence-electron chi connectivity index (χ1n) is 3.63. The maximum Gasteiger partial charge on any atom is 0.0375 e. The zero-order chi connectivity index (χ0) is 6.81. The standard InChI is InChI=1S/C9H10N/c1-2-6-9-8(4-1)5-3-7-10-9/h1-2,4-6,10H,3,7H2. The summed E-state index contributed by atoms with van der Waals surface area (Å²) in [6.45, 7) is 1.08. The van der Waals surface area contributed by atoms with Crippen LogP contribution in [0.1, 0.15) is 12.0 Å². The van der Waals surface area contributed by atoms with Crippen LogP contribution in [0.4, 0.5) is 5.69 Å². The van der Waals surface area contributed by atoms with Crippen molar-refractivity contribution in [2.45, 2.75) is 6.42 Å². The molecule has 1 aromatic carbocycles. The first-order valence-corrected chi connectivity index (χ1v) is 3.63. The summed E-state index contributed by atoms with van der Waals surface area (Å²) in [5, 5.41) is 3.33. The Balaban J connectivity index is 2.41. The van der Waals surface area contributed by atoms with E-state index >= 15 is 0 Å². The van der Waals surface area contributed by atoms with Crippen LogP contribution in [0.5, 0.6) is 0 Å². The molecule has 0 saturated carbocycles. The normalized spacial score (nSPS) is 15.6. The van der Waals surface area contributed by atoms with Crippen molar-refractivity contribution in [3.05, 3.63) is 36.2 Å². The molecule has 0 fully saturated rings. The topological polar surface area (TPSA) is 12.0 Å². The molecule has 0 aromatic heterocycles. The summed E-state index contributed by atoms with van der Waals surface area (Å²) in [5.74, 6) is 0. The van der Waals surface area contributed by atoms with Crippen molar-refractivity contribution >= 4 is 5.69 Å². The number of benzene rings is 1. The Labute approximate surface area is 61.1 Å². The zero-order valence-corrected chi connectivity index (χ0v) is 5.80. The average Bonchev–Trinajstić information content (AvgIpc) is 2.05. The van der Waals surface area contributed by atoms with Gasteiger partial charge in [-0.3, -0.25) is 0 Å². The molecule has 1 nitrogen and oxygen atoms in total. The Morgan fingerprint density at radius 1 is 1.20 bits per heavy atom. The van der Waals surface area contributed by atoms with Gasteiger partial charge in [0.15, 0.2) is 0 Å². The lowest BCUT2D eigenvalue weighted by Gasteiger charge is -2.16. The van der Waals surface area contributed by atoms with E-state index in [0.29, 0.717) is 0 Å². The van der Waals surface area contributed by atoms with Gasteiger partial charge < -0.3 is 5.32 Å². The molecule has 1 aliphatic heterocycles. The lowest BCUT2D eigenvalue weighted by atomic mass is 10.0. The number of nitrogens with one attached hydrogen (secondary N) is 1.